The number of fused-ring (bicyclic) bond motifs is 1. The Labute approximate surface area is 140 Å². The number of aryl methyl sites for hydroxylation is 1. The highest BCUT2D eigenvalue weighted by Crippen LogP contribution is 2.16. The van der Waals surface area contributed by atoms with Crippen molar-refractivity contribution in [3.8, 4) is 18.1 Å². The Morgan fingerprint density at radius 3 is 3.04 bits per heavy atom. The van der Waals surface area contributed by atoms with Gasteiger partial charge in [-0.15, -0.1) is 6.42 Å². The van der Waals surface area contributed by atoms with Crippen molar-refractivity contribution in [2.75, 3.05) is 6.54 Å². The number of pyridine rings is 1. The number of amides is 1. The largest absolute Gasteiger partial charge is 0.487 e. The zero-order valence-corrected chi connectivity index (χ0v) is 13.3. The summed E-state index contributed by atoms with van der Waals surface area (Å²) in [6.45, 7) is 2.55. The fraction of sp³-hybridized carbons (Fsp3) is 0.158. The summed E-state index contributed by atoms with van der Waals surface area (Å²) in [5.41, 5.74) is 3.36. The van der Waals surface area contributed by atoms with Crippen LogP contribution < -0.4 is 10.1 Å². The summed E-state index contributed by atoms with van der Waals surface area (Å²) >= 11 is 0. The van der Waals surface area contributed by atoms with Crippen LogP contribution in [-0.2, 0) is 6.61 Å². The van der Waals surface area contributed by atoms with E-state index in [2.05, 4.69) is 16.2 Å². The fourth-order valence-corrected chi connectivity index (χ4v) is 2.39. The molecule has 0 aliphatic heterocycles. The minimum absolute atomic E-state index is 0.199. The quantitative estimate of drug-likeness (QED) is 0.736. The summed E-state index contributed by atoms with van der Waals surface area (Å²) in [5, 5.41) is 2.63. The molecule has 2 heterocycles. The van der Waals surface area contributed by atoms with Gasteiger partial charge in [-0.1, -0.05) is 18.1 Å². The number of ether oxygens (including phenoxy) is 1. The van der Waals surface area contributed by atoms with Gasteiger partial charge in [-0.25, -0.2) is 4.98 Å². The number of hydrogen-bond donors (Lipinski definition) is 1. The van der Waals surface area contributed by atoms with Gasteiger partial charge in [-0.2, -0.15) is 0 Å². The predicted octanol–water partition coefficient (Wildman–Crippen LogP) is 2.58. The number of carbonyl (C=O) groups is 1. The number of rotatable bonds is 5. The molecule has 1 aromatic carbocycles. The van der Waals surface area contributed by atoms with Crippen molar-refractivity contribution in [2.45, 2.75) is 13.5 Å². The Kier molecular flexibility index (Phi) is 4.48. The average Bonchev–Trinajstić information content (AvgIpc) is 3.03. The van der Waals surface area contributed by atoms with Crippen molar-refractivity contribution in [3.63, 3.8) is 0 Å². The molecule has 1 amide bonds. The van der Waals surface area contributed by atoms with E-state index in [4.69, 9.17) is 11.2 Å². The molecule has 5 nitrogen and oxygen atoms in total. The molecule has 0 fully saturated rings. The molecule has 0 spiro atoms. The molecule has 5 heteroatoms. The smallest absolute Gasteiger partial charge is 0.252 e. The molecule has 0 aliphatic rings. The second-order valence-electron chi connectivity index (χ2n) is 5.36. The summed E-state index contributed by atoms with van der Waals surface area (Å²) in [6, 6.07) is 11.0. The van der Waals surface area contributed by atoms with E-state index in [9.17, 15) is 4.79 Å². The van der Waals surface area contributed by atoms with Crippen molar-refractivity contribution in [3.05, 3.63) is 65.6 Å². The molecule has 120 valence electrons. The van der Waals surface area contributed by atoms with Crippen molar-refractivity contribution in [2.24, 2.45) is 0 Å². The van der Waals surface area contributed by atoms with Crippen LogP contribution in [-0.4, -0.2) is 21.8 Å². The summed E-state index contributed by atoms with van der Waals surface area (Å²) in [4.78, 5) is 16.5. The highest BCUT2D eigenvalue weighted by atomic mass is 16.5. The molecular weight excluding hydrogens is 302 g/mol. The van der Waals surface area contributed by atoms with Gasteiger partial charge >= 0.3 is 0 Å². The third kappa shape index (κ3) is 3.39. The summed E-state index contributed by atoms with van der Waals surface area (Å²) in [7, 11) is 0. The van der Waals surface area contributed by atoms with E-state index in [0.717, 1.165) is 16.9 Å². The second-order valence-corrected chi connectivity index (χ2v) is 5.36. The Hall–Kier alpha value is -3.26. The van der Waals surface area contributed by atoms with Crippen LogP contribution in [0, 0.1) is 19.3 Å². The number of nitrogens with one attached hydrogen (secondary N) is 1. The third-order valence-electron chi connectivity index (χ3n) is 3.56. The Balaban J connectivity index is 1.71. The molecule has 0 atom stereocenters. The number of aromatic nitrogens is 2. The number of nitrogens with zero attached hydrogens (tertiary/aromatic N) is 2. The molecule has 2 aromatic heterocycles. The standard InChI is InChI=1S/C19H17N3O2/c1-3-9-20-19(23)15-7-4-8-17(11-15)24-13-16-12-22-10-5-6-14(2)18(22)21-16/h1,4-8,10-12H,9,13H2,2H3,(H,20,23). The number of benzene rings is 1. The molecular formula is C19H17N3O2. The molecule has 1 N–H and O–H groups in total. The van der Waals surface area contributed by atoms with Gasteiger partial charge in [0.15, 0.2) is 0 Å². The average molecular weight is 319 g/mol. The minimum atomic E-state index is -0.221. The Morgan fingerprint density at radius 1 is 1.38 bits per heavy atom. The van der Waals surface area contributed by atoms with Crippen LogP contribution >= 0.6 is 0 Å². The van der Waals surface area contributed by atoms with Crippen LogP contribution in [0.1, 0.15) is 21.6 Å². The van der Waals surface area contributed by atoms with E-state index >= 15 is 0 Å². The van der Waals surface area contributed by atoms with Crippen molar-refractivity contribution in [1.82, 2.24) is 14.7 Å². The SMILES string of the molecule is C#CCNC(=O)c1cccc(OCc2cn3cccc(C)c3n2)c1. The maximum Gasteiger partial charge on any atom is 0.252 e. The predicted molar refractivity (Wildman–Crippen MR) is 91.9 cm³/mol. The normalized spacial score (nSPS) is 10.3. The van der Waals surface area contributed by atoms with E-state index in [1.165, 1.54) is 0 Å². The van der Waals surface area contributed by atoms with E-state index in [-0.39, 0.29) is 12.5 Å². The van der Waals surface area contributed by atoms with Gasteiger partial charge < -0.3 is 14.5 Å². The minimum Gasteiger partial charge on any atom is -0.487 e. The first-order chi connectivity index (χ1) is 11.7. The molecule has 0 radical (unpaired) electrons. The fourth-order valence-electron chi connectivity index (χ4n) is 2.39. The van der Waals surface area contributed by atoms with Crippen LogP contribution in [0.5, 0.6) is 5.75 Å². The topological polar surface area (TPSA) is 55.6 Å². The van der Waals surface area contributed by atoms with Gasteiger partial charge in [0.25, 0.3) is 5.91 Å². The molecule has 0 saturated heterocycles. The van der Waals surface area contributed by atoms with Crippen LogP contribution in [0.2, 0.25) is 0 Å². The van der Waals surface area contributed by atoms with Gasteiger partial charge in [0.05, 0.1) is 12.2 Å². The maximum atomic E-state index is 11.9. The lowest BCUT2D eigenvalue weighted by molar-refractivity contribution is 0.0958. The summed E-state index contributed by atoms with van der Waals surface area (Å²) in [5.74, 6) is 2.76. The third-order valence-corrected chi connectivity index (χ3v) is 3.56. The van der Waals surface area contributed by atoms with Crippen LogP contribution in [0.25, 0.3) is 5.65 Å². The van der Waals surface area contributed by atoms with Crippen molar-refractivity contribution in [1.29, 1.82) is 0 Å². The number of carbonyl (C=O) groups excluding carboxylic acids is 1. The van der Waals surface area contributed by atoms with Crippen molar-refractivity contribution < 1.29 is 9.53 Å². The lowest BCUT2D eigenvalue weighted by Gasteiger charge is -2.06. The molecule has 0 bridgehead atoms. The first-order valence-electron chi connectivity index (χ1n) is 7.55. The zero-order valence-electron chi connectivity index (χ0n) is 13.3. The molecule has 24 heavy (non-hydrogen) atoms. The van der Waals surface area contributed by atoms with Gasteiger partial charge in [-0.3, -0.25) is 4.79 Å². The van der Waals surface area contributed by atoms with Gasteiger partial charge in [0.1, 0.15) is 18.0 Å². The number of hydrogen-bond acceptors (Lipinski definition) is 3. The molecule has 3 rings (SSSR count). The first kappa shape index (κ1) is 15.6. The van der Waals surface area contributed by atoms with E-state index in [1.807, 2.05) is 35.9 Å². The highest BCUT2D eigenvalue weighted by Gasteiger charge is 2.07. The Bertz CT molecular complexity index is 922. The summed E-state index contributed by atoms with van der Waals surface area (Å²) in [6.07, 6.45) is 9.03. The zero-order chi connectivity index (χ0) is 16.9. The first-order valence-corrected chi connectivity index (χ1v) is 7.55. The van der Waals surface area contributed by atoms with E-state index in [1.54, 1.807) is 24.3 Å². The molecule has 0 saturated carbocycles. The lowest BCUT2D eigenvalue weighted by Crippen LogP contribution is -2.23. The maximum absolute atomic E-state index is 11.9. The monoisotopic (exact) mass is 319 g/mol. The molecule has 0 aliphatic carbocycles. The number of imidazole rings is 1. The van der Waals surface area contributed by atoms with Crippen LogP contribution in [0.15, 0.2) is 48.8 Å². The van der Waals surface area contributed by atoms with Gasteiger partial charge in [0.2, 0.25) is 0 Å². The van der Waals surface area contributed by atoms with Crippen LogP contribution in [0.4, 0.5) is 0 Å². The van der Waals surface area contributed by atoms with Gasteiger partial charge in [0, 0.05) is 18.0 Å². The van der Waals surface area contributed by atoms with Gasteiger partial charge in [-0.05, 0) is 36.8 Å². The lowest BCUT2D eigenvalue weighted by atomic mass is 10.2. The number of terminal acetylenes is 1. The van der Waals surface area contributed by atoms with Crippen LogP contribution in [0.3, 0.4) is 0 Å². The second kappa shape index (κ2) is 6.88. The van der Waals surface area contributed by atoms with E-state index < -0.39 is 0 Å². The molecule has 3 aromatic rings. The Morgan fingerprint density at radius 2 is 2.25 bits per heavy atom. The summed E-state index contributed by atoms with van der Waals surface area (Å²) < 4.78 is 7.73. The molecule has 0 unspecified atom stereocenters. The van der Waals surface area contributed by atoms with E-state index in [0.29, 0.717) is 17.9 Å². The highest BCUT2D eigenvalue weighted by molar-refractivity contribution is 5.94. The van der Waals surface area contributed by atoms with Crippen molar-refractivity contribution >= 4 is 11.6 Å².